The lowest BCUT2D eigenvalue weighted by Gasteiger charge is -2.17. The van der Waals surface area contributed by atoms with Crippen LogP contribution in [0.25, 0.3) is 21.8 Å². The van der Waals surface area contributed by atoms with Crippen LogP contribution >= 0.6 is 0 Å². The number of hydrogen-bond acceptors (Lipinski definition) is 14. The van der Waals surface area contributed by atoms with Crippen molar-refractivity contribution in [2.45, 2.75) is 12.5 Å². The van der Waals surface area contributed by atoms with E-state index in [1.165, 1.54) is 0 Å². The number of fused-ring (bicyclic) bond motifs is 3. The Balaban J connectivity index is 1.52. The molecular formula is C18H20N14O2. The molecule has 0 aliphatic carbocycles. The summed E-state index contributed by atoms with van der Waals surface area (Å²) in [4.78, 5) is 9.14. The minimum Gasteiger partial charge on any atom is -0.367 e. The molecule has 2 unspecified atom stereocenters. The molecule has 0 spiro atoms. The zero-order valence-corrected chi connectivity index (χ0v) is 17.4. The van der Waals surface area contributed by atoms with Crippen molar-refractivity contribution in [3.05, 3.63) is 47.8 Å². The van der Waals surface area contributed by atoms with Gasteiger partial charge in [-0.3, -0.25) is 10.9 Å². The number of nitrogens with zero attached hydrogens (tertiary/aromatic N) is 8. The van der Waals surface area contributed by atoms with E-state index in [9.17, 15) is 10.2 Å². The van der Waals surface area contributed by atoms with E-state index in [2.05, 4.69) is 41.2 Å². The van der Waals surface area contributed by atoms with Gasteiger partial charge < -0.3 is 33.1 Å². The number of pyridine rings is 2. The van der Waals surface area contributed by atoms with E-state index in [-0.39, 0.29) is 35.2 Å². The molecule has 5 rings (SSSR count). The molecule has 0 saturated carbocycles. The topological polar surface area (TPSA) is 256 Å². The van der Waals surface area contributed by atoms with Gasteiger partial charge in [0.2, 0.25) is 23.8 Å². The van der Waals surface area contributed by atoms with Crippen LogP contribution in [0.4, 0.5) is 23.8 Å². The largest absolute Gasteiger partial charge is 0.367 e. The second-order valence-electron chi connectivity index (χ2n) is 7.25. The summed E-state index contributed by atoms with van der Waals surface area (Å²) >= 11 is 0. The summed E-state index contributed by atoms with van der Waals surface area (Å²) < 4.78 is 2.28. The standard InChI is InChI=1S/C18H20N14O2/c19-15-25-26-16(20)31(15)29-13(33)9-5-3-7-1-2-8-4-6-10(24-12(8)11(7)23-9)14(34)30-32-17(21)27-28-18(32)22/h1-6,13-14,29-30,33-34H,(H2,19,25)(H2,20,26)(H2,21,27)(H2,22,28). The molecule has 0 fully saturated rings. The summed E-state index contributed by atoms with van der Waals surface area (Å²) in [5.74, 6) is -0.0928. The maximum absolute atomic E-state index is 10.6. The Hall–Kier alpha value is -4.96. The van der Waals surface area contributed by atoms with Crippen LogP contribution in [-0.2, 0) is 0 Å². The molecule has 16 heteroatoms. The molecule has 0 aliphatic rings. The van der Waals surface area contributed by atoms with Crippen LogP contribution in [0.2, 0.25) is 0 Å². The normalized spacial score (nSPS) is 13.2. The average Bonchev–Trinajstić information content (AvgIpc) is 3.33. The molecule has 0 radical (unpaired) electrons. The molecule has 1 aromatic carbocycles. The first-order valence-electron chi connectivity index (χ1n) is 9.84. The fourth-order valence-electron chi connectivity index (χ4n) is 3.36. The Labute approximate surface area is 190 Å². The van der Waals surface area contributed by atoms with Crippen molar-refractivity contribution in [3.8, 4) is 0 Å². The molecule has 0 amide bonds. The van der Waals surface area contributed by atoms with Crippen LogP contribution in [0.5, 0.6) is 0 Å². The van der Waals surface area contributed by atoms with Gasteiger partial charge >= 0.3 is 0 Å². The van der Waals surface area contributed by atoms with E-state index in [1.807, 2.05) is 12.1 Å². The molecule has 4 heterocycles. The quantitative estimate of drug-likeness (QED) is 0.108. The minimum absolute atomic E-state index is 0.0232. The van der Waals surface area contributed by atoms with Crippen molar-refractivity contribution in [1.29, 1.82) is 0 Å². The maximum atomic E-state index is 10.6. The SMILES string of the molecule is Nc1nnc(N)n1NC(O)c1ccc2ccc3ccc(C(O)Nn4c(N)nnc4N)nc3c2n1. The van der Waals surface area contributed by atoms with E-state index in [1.54, 1.807) is 24.3 Å². The van der Waals surface area contributed by atoms with Gasteiger partial charge in [-0.05, 0) is 12.1 Å². The molecule has 16 nitrogen and oxygen atoms in total. The summed E-state index contributed by atoms with van der Waals surface area (Å²) in [6, 6.07) is 10.6. The molecule has 174 valence electrons. The first kappa shape index (κ1) is 20.9. The van der Waals surface area contributed by atoms with Gasteiger partial charge in [-0.15, -0.1) is 20.4 Å². The van der Waals surface area contributed by atoms with E-state index < -0.39 is 12.5 Å². The number of aliphatic hydroxyl groups excluding tert-OH is 2. The number of nitrogens with two attached hydrogens (primary N) is 4. The molecule has 5 aromatic rings. The lowest BCUT2D eigenvalue weighted by Crippen LogP contribution is -2.24. The highest BCUT2D eigenvalue weighted by Gasteiger charge is 2.17. The van der Waals surface area contributed by atoms with Crippen LogP contribution in [0.15, 0.2) is 36.4 Å². The van der Waals surface area contributed by atoms with Crippen LogP contribution in [-0.4, -0.2) is 49.9 Å². The lowest BCUT2D eigenvalue weighted by atomic mass is 10.1. The zero-order chi connectivity index (χ0) is 24.0. The fraction of sp³-hybridized carbons (Fsp3) is 0.111. The number of aliphatic hydroxyl groups is 2. The predicted molar refractivity (Wildman–Crippen MR) is 123 cm³/mol. The average molecular weight is 464 g/mol. The molecule has 2 atom stereocenters. The fourth-order valence-corrected chi connectivity index (χ4v) is 3.36. The van der Waals surface area contributed by atoms with Crippen molar-refractivity contribution in [3.63, 3.8) is 0 Å². The summed E-state index contributed by atoms with van der Waals surface area (Å²) in [5, 5.41) is 37.3. The van der Waals surface area contributed by atoms with Gasteiger partial charge in [0.1, 0.15) is 0 Å². The summed E-state index contributed by atoms with van der Waals surface area (Å²) in [7, 11) is 0. The zero-order valence-electron chi connectivity index (χ0n) is 17.4. The first-order chi connectivity index (χ1) is 16.3. The molecule has 12 N–H and O–H groups in total. The molecule has 34 heavy (non-hydrogen) atoms. The number of nitrogens with one attached hydrogen (secondary N) is 2. The number of nitrogen functional groups attached to an aromatic ring is 4. The Morgan fingerprint density at radius 1 is 0.588 bits per heavy atom. The predicted octanol–water partition coefficient (Wildman–Crippen LogP) is -1.24. The van der Waals surface area contributed by atoms with Gasteiger partial charge in [0.15, 0.2) is 12.5 Å². The summed E-state index contributed by atoms with van der Waals surface area (Å²) in [5.41, 5.74) is 29.7. The number of rotatable bonds is 6. The summed E-state index contributed by atoms with van der Waals surface area (Å²) in [6.45, 7) is 0. The number of hydrogen-bond donors (Lipinski definition) is 8. The second-order valence-corrected chi connectivity index (χ2v) is 7.25. The van der Waals surface area contributed by atoms with Gasteiger partial charge in [0, 0.05) is 10.8 Å². The van der Waals surface area contributed by atoms with Crippen LogP contribution in [0.3, 0.4) is 0 Å². The third kappa shape index (κ3) is 3.53. The van der Waals surface area contributed by atoms with Crippen LogP contribution < -0.4 is 33.8 Å². The Morgan fingerprint density at radius 2 is 0.912 bits per heavy atom. The molecule has 0 bridgehead atoms. The van der Waals surface area contributed by atoms with Crippen LogP contribution in [0.1, 0.15) is 23.8 Å². The van der Waals surface area contributed by atoms with Crippen LogP contribution in [0, 0.1) is 0 Å². The molecule has 4 aromatic heterocycles. The first-order valence-corrected chi connectivity index (χ1v) is 9.84. The van der Waals surface area contributed by atoms with E-state index in [4.69, 9.17) is 22.9 Å². The lowest BCUT2D eigenvalue weighted by molar-refractivity contribution is 0.188. The summed E-state index contributed by atoms with van der Waals surface area (Å²) in [6.07, 6.45) is -2.56. The maximum Gasteiger partial charge on any atom is 0.242 e. The number of aromatic nitrogens is 8. The highest BCUT2D eigenvalue weighted by molar-refractivity contribution is 6.02. The van der Waals surface area contributed by atoms with Crippen molar-refractivity contribution < 1.29 is 10.2 Å². The van der Waals surface area contributed by atoms with Gasteiger partial charge in [0.05, 0.1) is 22.4 Å². The molecule has 0 aliphatic heterocycles. The van der Waals surface area contributed by atoms with Gasteiger partial charge in [0.25, 0.3) is 0 Å². The second kappa shape index (κ2) is 7.87. The molecule has 0 saturated heterocycles. The van der Waals surface area contributed by atoms with Crippen molar-refractivity contribution in [1.82, 2.24) is 39.7 Å². The Morgan fingerprint density at radius 3 is 1.26 bits per heavy atom. The van der Waals surface area contributed by atoms with Crippen molar-refractivity contribution >= 4 is 45.6 Å². The minimum atomic E-state index is -1.28. The number of anilines is 4. The molecular weight excluding hydrogens is 444 g/mol. The Bertz CT molecular complexity index is 1360. The van der Waals surface area contributed by atoms with Gasteiger partial charge in [-0.2, -0.15) is 9.35 Å². The van der Waals surface area contributed by atoms with Crippen molar-refractivity contribution in [2.24, 2.45) is 0 Å². The Kier molecular flexibility index (Phi) is 4.84. The highest BCUT2D eigenvalue weighted by Crippen LogP contribution is 2.26. The van der Waals surface area contributed by atoms with Gasteiger partial charge in [-0.25, -0.2) is 9.97 Å². The van der Waals surface area contributed by atoms with Gasteiger partial charge in [-0.1, -0.05) is 24.3 Å². The van der Waals surface area contributed by atoms with E-state index in [0.29, 0.717) is 11.0 Å². The van der Waals surface area contributed by atoms with Crippen molar-refractivity contribution in [2.75, 3.05) is 33.8 Å². The smallest absolute Gasteiger partial charge is 0.242 e. The van der Waals surface area contributed by atoms with E-state index in [0.717, 1.165) is 20.1 Å². The number of benzene rings is 1. The third-order valence-electron chi connectivity index (χ3n) is 5.05. The highest BCUT2D eigenvalue weighted by atomic mass is 16.3. The van der Waals surface area contributed by atoms with E-state index >= 15 is 0 Å². The monoisotopic (exact) mass is 464 g/mol. The third-order valence-corrected chi connectivity index (χ3v) is 5.05.